The van der Waals surface area contributed by atoms with E-state index in [1.165, 1.54) is 18.2 Å². The van der Waals surface area contributed by atoms with Crippen molar-refractivity contribution in [2.24, 2.45) is 11.7 Å². The van der Waals surface area contributed by atoms with Crippen molar-refractivity contribution in [3.63, 3.8) is 0 Å². The highest BCUT2D eigenvalue weighted by Gasteiger charge is 2.24. The normalized spacial score (nSPS) is 15.9. The Bertz CT molecular complexity index is 1120. The van der Waals surface area contributed by atoms with Crippen molar-refractivity contribution in [1.29, 1.82) is 0 Å². The van der Waals surface area contributed by atoms with Crippen LogP contribution in [-0.2, 0) is 4.79 Å². The van der Waals surface area contributed by atoms with Gasteiger partial charge in [0, 0.05) is 44.4 Å². The Morgan fingerprint density at radius 1 is 1.17 bits per heavy atom. The lowest BCUT2D eigenvalue weighted by Crippen LogP contribution is -2.42. The average Bonchev–Trinajstić information content (AvgIpc) is 2.85. The second-order valence-corrected chi connectivity index (χ2v) is 8.88. The number of ketones is 1. The summed E-state index contributed by atoms with van der Waals surface area (Å²) in [6.45, 7) is 2.67. The van der Waals surface area contributed by atoms with Gasteiger partial charge in [-0.25, -0.2) is 0 Å². The van der Waals surface area contributed by atoms with Crippen LogP contribution < -0.4 is 16.0 Å². The summed E-state index contributed by atoms with van der Waals surface area (Å²) in [5, 5.41) is 14.4. The molecule has 1 saturated heterocycles. The Hall–Kier alpha value is -3.79. The van der Waals surface area contributed by atoms with Crippen molar-refractivity contribution in [1.82, 2.24) is 10.2 Å². The maximum absolute atomic E-state index is 13.2. The van der Waals surface area contributed by atoms with Gasteiger partial charge >= 0.3 is 0 Å². The van der Waals surface area contributed by atoms with Crippen molar-refractivity contribution in [3.8, 4) is 0 Å². The summed E-state index contributed by atoms with van der Waals surface area (Å²) in [4.78, 5) is 52.2. The highest BCUT2D eigenvalue weighted by atomic mass is 16.6. The number of rotatable bonds is 10. The van der Waals surface area contributed by atoms with Gasteiger partial charge in [-0.2, -0.15) is 0 Å². The van der Waals surface area contributed by atoms with E-state index in [2.05, 4.69) is 10.2 Å². The van der Waals surface area contributed by atoms with Gasteiger partial charge < -0.3 is 20.9 Å². The van der Waals surface area contributed by atoms with Gasteiger partial charge in [0.25, 0.3) is 11.6 Å². The smallest absolute Gasteiger partial charge is 0.293 e. The van der Waals surface area contributed by atoms with Crippen LogP contribution in [0, 0.1) is 16.0 Å². The van der Waals surface area contributed by atoms with Gasteiger partial charge in [0.2, 0.25) is 5.91 Å². The molecule has 0 radical (unpaired) electrons. The molecule has 10 heteroatoms. The summed E-state index contributed by atoms with van der Waals surface area (Å²) in [5.74, 6) is -1.25. The maximum Gasteiger partial charge on any atom is 0.293 e. The summed E-state index contributed by atoms with van der Waals surface area (Å²) < 4.78 is 0. The second kappa shape index (κ2) is 11.6. The first-order valence-electron chi connectivity index (χ1n) is 11.6. The number of carbonyl (C=O) groups excluding carboxylic acids is 3. The van der Waals surface area contributed by atoms with E-state index >= 15 is 0 Å². The molecule has 1 unspecified atom stereocenters. The van der Waals surface area contributed by atoms with E-state index in [0.29, 0.717) is 25.2 Å². The Balaban J connectivity index is 1.66. The Morgan fingerprint density at radius 3 is 2.54 bits per heavy atom. The molecule has 1 fully saturated rings. The third-order valence-corrected chi connectivity index (χ3v) is 6.18. The summed E-state index contributed by atoms with van der Waals surface area (Å²) in [5.41, 5.74) is 6.15. The summed E-state index contributed by atoms with van der Waals surface area (Å²) in [7, 11) is 3.37. The second-order valence-electron chi connectivity index (χ2n) is 8.88. The fourth-order valence-electron chi connectivity index (χ4n) is 4.31. The number of anilines is 1. The molecular formula is C25H31N5O5. The number of hydrogen-bond acceptors (Lipinski definition) is 7. The highest BCUT2D eigenvalue weighted by Crippen LogP contribution is 2.29. The van der Waals surface area contributed by atoms with Crippen LogP contribution in [0.1, 0.15) is 45.5 Å². The summed E-state index contributed by atoms with van der Waals surface area (Å²) >= 11 is 0. The number of benzene rings is 2. The van der Waals surface area contributed by atoms with E-state index < -0.39 is 10.7 Å². The number of nitrogens with one attached hydrogen (secondary N) is 1. The number of primary amides is 1. The number of nitro benzene ring substituents is 1. The van der Waals surface area contributed by atoms with Gasteiger partial charge in [0.1, 0.15) is 5.69 Å². The zero-order chi connectivity index (χ0) is 25.5. The van der Waals surface area contributed by atoms with E-state index in [1.807, 2.05) is 0 Å². The van der Waals surface area contributed by atoms with Crippen LogP contribution in [0.4, 0.5) is 11.4 Å². The van der Waals surface area contributed by atoms with Crippen LogP contribution in [0.2, 0.25) is 0 Å². The first-order valence-corrected chi connectivity index (χ1v) is 11.6. The number of nitrogens with zero attached hydrogens (tertiary/aromatic N) is 3. The molecule has 1 aliphatic heterocycles. The van der Waals surface area contributed by atoms with E-state index in [1.54, 1.807) is 43.3 Å². The third-order valence-electron chi connectivity index (χ3n) is 6.18. The topological polar surface area (TPSA) is 139 Å². The molecule has 3 rings (SSSR count). The van der Waals surface area contributed by atoms with E-state index in [4.69, 9.17) is 5.73 Å². The molecule has 0 spiro atoms. The average molecular weight is 482 g/mol. The van der Waals surface area contributed by atoms with Crippen LogP contribution >= 0.6 is 0 Å². The number of piperidine rings is 1. The van der Waals surface area contributed by atoms with Crippen molar-refractivity contribution < 1.29 is 19.3 Å². The quantitative estimate of drug-likeness (QED) is 0.230. The standard InChI is InChI=1S/C25H31N5O5/c1-28(2)21-11-10-17(15-22(21)30(34)35)23(31)19-8-3-4-9-20(19)25(33)27-12-6-14-29-13-5-7-18(16-29)24(26)32/h3-4,8-11,15,18H,5-7,12-14,16H2,1-2H3,(H2,26,32)(H,27,33). The zero-order valence-electron chi connectivity index (χ0n) is 20.0. The number of nitro groups is 1. The van der Waals surface area contributed by atoms with E-state index in [-0.39, 0.29) is 40.1 Å². The van der Waals surface area contributed by atoms with Gasteiger partial charge in [-0.1, -0.05) is 18.2 Å². The van der Waals surface area contributed by atoms with Gasteiger partial charge in [0.05, 0.1) is 16.4 Å². The Morgan fingerprint density at radius 2 is 1.89 bits per heavy atom. The predicted octanol–water partition coefficient (Wildman–Crippen LogP) is 2.21. The third kappa shape index (κ3) is 6.42. The monoisotopic (exact) mass is 481 g/mol. The molecule has 3 N–H and O–H groups in total. The van der Waals surface area contributed by atoms with Crippen LogP contribution in [0.3, 0.4) is 0 Å². The molecule has 10 nitrogen and oxygen atoms in total. The summed E-state index contributed by atoms with van der Waals surface area (Å²) in [6.07, 6.45) is 2.42. The first-order chi connectivity index (χ1) is 16.7. The lowest BCUT2D eigenvalue weighted by atomic mass is 9.97. The number of carbonyl (C=O) groups is 3. The molecule has 2 amide bonds. The zero-order valence-corrected chi connectivity index (χ0v) is 20.0. The molecule has 0 aromatic heterocycles. The first kappa shape index (κ1) is 25.8. The number of hydrogen-bond donors (Lipinski definition) is 2. The summed E-state index contributed by atoms with van der Waals surface area (Å²) in [6, 6.07) is 10.7. The van der Waals surface area contributed by atoms with Gasteiger partial charge in [-0.3, -0.25) is 24.5 Å². The van der Waals surface area contributed by atoms with Crippen LogP contribution in [0.25, 0.3) is 0 Å². The van der Waals surface area contributed by atoms with E-state index in [0.717, 1.165) is 25.9 Å². The molecule has 35 heavy (non-hydrogen) atoms. The molecular weight excluding hydrogens is 450 g/mol. The molecule has 0 saturated carbocycles. The van der Waals surface area contributed by atoms with Crippen LogP contribution in [0.15, 0.2) is 42.5 Å². The van der Waals surface area contributed by atoms with Gasteiger partial charge in [-0.05, 0) is 50.6 Å². The minimum atomic E-state index is -0.529. The largest absolute Gasteiger partial charge is 0.372 e. The van der Waals surface area contributed by atoms with Crippen molar-refractivity contribution in [3.05, 3.63) is 69.3 Å². The fourth-order valence-corrected chi connectivity index (χ4v) is 4.31. The fraction of sp³-hybridized carbons (Fsp3) is 0.400. The van der Waals surface area contributed by atoms with Crippen molar-refractivity contribution in [2.75, 3.05) is 45.2 Å². The van der Waals surface area contributed by atoms with E-state index in [9.17, 15) is 24.5 Å². The maximum atomic E-state index is 13.2. The molecule has 0 bridgehead atoms. The van der Waals surface area contributed by atoms with Crippen LogP contribution in [0.5, 0.6) is 0 Å². The molecule has 1 heterocycles. The minimum absolute atomic E-state index is 0.126. The molecule has 1 aliphatic rings. The van der Waals surface area contributed by atoms with Gasteiger partial charge in [0.15, 0.2) is 5.78 Å². The van der Waals surface area contributed by atoms with Crippen LogP contribution in [-0.4, -0.2) is 67.7 Å². The Labute approximate surface area is 204 Å². The Kier molecular flexibility index (Phi) is 8.53. The lowest BCUT2D eigenvalue weighted by molar-refractivity contribution is -0.384. The number of nitrogens with two attached hydrogens (primary N) is 1. The number of amides is 2. The van der Waals surface area contributed by atoms with Crippen molar-refractivity contribution >= 4 is 29.0 Å². The molecule has 1 atom stereocenters. The SMILES string of the molecule is CN(C)c1ccc(C(=O)c2ccccc2C(=O)NCCCN2CCCC(C(N)=O)C2)cc1[N+](=O)[O-]. The molecule has 186 valence electrons. The minimum Gasteiger partial charge on any atom is -0.372 e. The highest BCUT2D eigenvalue weighted by molar-refractivity contribution is 6.15. The predicted molar refractivity (Wildman–Crippen MR) is 133 cm³/mol. The molecule has 2 aromatic carbocycles. The lowest BCUT2D eigenvalue weighted by Gasteiger charge is -2.31. The molecule has 0 aliphatic carbocycles. The van der Waals surface area contributed by atoms with Gasteiger partial charge in [-0.15, -0.1) is 0 Å². The van der Waals surface area contributed by atoms with Crippen molar-refractivity contribution in [2.45, 2.75) is 19.3 Å². The molecule has 2 aromatic rings. The number of likely N-dealkylation sites (tertiary alicyclic amines) is 1.